The first kappa shape index (κ1) is 12.4. The summed E-state index contributed by atoms with van der Waals surface area (Å²) in [6.45, 7) is 0.803. The van der Waals surface area contributed by atoms with E-state index in [-0.39, 0.29) is 6.61 Å². The van der Waals surface area contributed by atoms with Gasteiger partial charge in [0.1, 0.15) is 0 Å². The van der Waals surface area contributed by atoms with Gasteiger partial charge in [-0.3, -0.25) is 4.98 Å². The molecule has 1 N–H and O–H groups in total. The molecule has 3 rings (SSSR count). The third-order valence-electron chi connectivity index (χ3n) is 3.16. The molecule has 0 bridgehead atoms. The number of benzene rings is 1. The number of nitrogens with zero attached hydrogens (tertiary/aromatic N) is 2. The van der Waals surface area contributed by atoms with Crippen LogP contribution in [0.25, 0.3) is 10.9 Å². The summed E-state index contributed by atoms with van der Waals surface area (Å²) in [5, 5.41) is 10.5. The summed E-state index contributed by atoms with van der Waals surface area (Å²) in [6.07, 6.45) is 5.64. The lowest BCUT2D eigenvalue weighted by Gasteiger charge is -2.05. The van der Waals surface area contributed by atoms with Gasteiger partial charge >= 0.3 is 0 Å². The maximum atomic E-state index is 9.43. The number of fused-ring (bicyclic) bond motifs is 1. The van der Waals surface area contributed by atoms with Crippen LogP contribution in [0.1, 0.15) is 11.1 Å². The molecular weight excluding hydrogens is 304 g/mol. The fourth-order valence-corrected chi connectivity index (χ4v) is 2.73. The maximum Gasteiger partial charge on any atom is 0.0702 e. The van der Waals surface area contributed by atoms with Gasteiger partial charge in [0, 0.05) is 46.1 Å². The molecule has 0 saturated heterocycles. The molecule has 0 radical (unpaired) electrons. The Hall–Kier alpha value is -1.65. The van der Waals surface area contributed by atoms with E-state index in [0.29, 0.717) is 0 Å². The first-order valence-corrected chi connectivity index (χ1v) is 6.84. The van der Waals surface area contributed by atoms with Gasteiger partial charge in [0.25, 0.3) is 0 Å². The van der Waals surface area contributed by atoms with E-state index < -0.39 is 0 Å². The van der Waals surface area contributed by atoms with Crippen LogP contribution in [-0.4, -0.2) is 14.7 Å². The van der Waals surface area contributed by atoms with Gasteiger partial charge in [-0.15, -0.1) is 0 Å². The lowest BCUT2D eigenvalue weighted by Crippen LogP contribution is -1.98. The number of hydrogen-bond donors (Lipinski definition) is 1. The van der Waals surface area contributed by atoms with Crippen molar-refractivity contribution in [2.24, 2.45) is 0 Å². The third-order valence-corrected chi connectivity index (χ3v) is 3.59. The van der Waals surface area contributed by atoms with E-state index in [2.05, 4.69) is 37.6 Å². The van der Waals surface area contributed by atoms with E-state index >= 15 is 0 Å². The van der Waals surface area contributed by atoms with Crippen molar-refractivity contribution >= 4 is 26.8 Å². The predicted molar refractivity (Wildman–Crippen MR) is 78.9 cm³/mol. The molecule has 0 saturated carbocycles. The smallest absolute Gasteiger partial charge is 0.0702 e. The van der Waals surface area contributed by atoms with Gasteiger partial charge in [-0.25, -0.2) is 0 Å². The van der Waals surface area contributed by atoms with Crippen LogP contribution in [0.5, 0.6) is 0 Å². The molecule has 0 aliphatic heterocycles. The van der Waals surface area contributed by atoms with E-state index in [1.54, 1.807) is 6.20 Å². The Labute approximate surface area is 119 Å². The quantitative estimate of drug-likeness (QED) is 0.804. The van der Waals surface area contributed by atoms with Crippen molar-refractivity contribution < 1.29 is 5.11 Å². The van der Waals surface area contributed by atoms with E-state index in [0.717, 1.165) is 33.0 Å². The highest BCUT2D eigenvalue weighted by atomic mass is 79.9. The SMILES string of the molecule is OCc1cn(Cc2cncc(Br)c2)c2ccccc12. The molecule has 4 heteroatoms. The Morgan fingerprint density at radius 1 is 1.21 bits per heavy atom. The van der Waals surface area contributed by atoms with Crippen LogP contribution in [0.4, 0.5) is 0 Å². The summed E-state index contributed by atoms with van der Waals surface area (Å²) in [4.78, 5) is 4.18. The Morgan fingerprint density at radius 3 is 2.84 bits per heavy atom. The minimum absolute atomic E-state index is 0.0598. The number of rotatable bonds is 3. The highest BCUT2D eigenvalue weighted by molar-refractivity contribution is 9.10. The van der Waals surface area contributed by atoms with Crippen molar-refractivity contribution in [2.75, 3.05) is 0 Å². The zero-order chi connectivity index (χ0) is 13.2. The third kappa shape index (κ3) is 2.41. The van der Waals surface area contributed by atoms with Crippen molar-refractivity contribution in [1.29, 1.82) is 0 Å². The van der Waals surface area contributed by atoms with Crippen LogP contribution in [0, 0.1) is 0 Å². The molecule has 0 aliphatic carbocycles. The van der Waals surface area contributed by atoms with E-state index in [4.69, 9.17) is 0 Å². The van der Waals surface area contributed by atoms with Crippen LogP contribution in [0.15, 0.2) is 53.4 Å². The molecule has 0 unspecified atom stereocenters. The number of pyridine rings is 1. The standard InChI is InChI=1S/C15H13BrN2O/c16-13-5-11(6-17-7-13)8-18-9-12(10-19)14-3-1-2-4-15(14)18/h1-7,9,19H,8,10H2. The molecule has 2 aromatic heterocycles. The highest BCUT2D eigenvalue weighted by Gasteiger charge is 2.07. The Morgan fingerprint density at radius 2 is 2.05 bits per heavy atom. The summed E-state index contributed by atoms with van der Waals surface area (Å²) in [7, 11) is 0. The van der Waals surface area contributed by atoms with Crippen LogP contribution < -0.4 is 0 Å². The first-order valence-electron chi connectivity index (χ1n) is 6.05. The molecule has 2 heterocycles. The van der Waals surface area contributed by atoms with Gasteiger partial charge in [0.05, 0.1) is 6.61 Å². The van der Waals surface area contributed by atoms with Gasteiger partial charge < -0.3 is 9.67 Å². The number of para-hydroxylation sites is 1. The predicted octanol–water partition coefficient (Wildman–Crippen LogP) is 3.34. The zero-order valence-corrected chi connectivity index (χ0v) is 11.8. The summed E-state index contributed by atoms with van der Waals surface area (Å²) < 4.78 is 3.12. The van der Waals surface area contributed by atoms with E-state index in [1.807, 2.05) is 30.6 Å². The lowest BCUT2D eigenvalue weighted by molar-refractivity contribution is 0.283. The van der Waals surface area contributed by atoms with Gasteiger partial charge in [0.15, 0.2) is 0 Å². The van der Waals surface area contributed by atoms with Crippen LogP contribution in [0.2, 0.25) is 0 Å². The van der Waals surface area contributed by atoms with Gasteiger partial charge in [-0.05, 0) is 33.6 Å². The molecule has 96 valence electrons. The van der Waals surface area contributed by atoms with Gasteiger partial charge in [0.2, 0.25) is 0 Å². The molecule has 0 aliphatic rings. The fraction of sp³-hybridized carbons (Fsp3) is 0.133. The molecule has 0 fully saturated rings. The van der Waals surface area contributed by atoms with Crippen molar-refractivity contribution in [1.82, 2.24) is 9.55 Å². The second-order valence-corrected chi connectivity index (χ2v) is 5.38. The summed E-state index contributed by atoms with van der Waals surface area (Å²) in [6, 6.07) is 10.2. The van der Waals surface area contributed by atoms with E-state index in [9.17, 15) is 5.11 Å². The van der Waals surface area contributed by atoms with Crippen molar-refractivity contribution in [3.05, 3.63) is 64.5 Å². The number of aliphatic hydroxyl groups excluding tert-OH is 1. The molecule has 1 aromatic carbocycles. The average Bonchev–Trinajstić information content (AvgIpc) is 2.77. The number of aromatic nitrogens is 2. The Balaban J connectivity index is 2.06. The topological polar surface area (TPSA) is 38.0 Å². The summed E-state index contributed by atoms with van der Waals surface area (Å²) in [5.41, 5.74) is 3.21. The number of aliphatic hydroxyl groups is 1. The van der Waals surface area contributed by atoms with Gasteiger partial charge in [-0.1, -0.05) is 18.2 Å². The van der Waals surface area contributed by atoms with Crippen LogP contribution in [-0.2, 0) is 13.2 Å². The maximum absolute atomic E-state index is 9.43. The Kier molecular flexibility index (Phi) is 3.36. The monoisotopic (exact) mass is 316 g/mol. The normalized spacial score (nSPS) is 11.1. The molecule has 0 atom stereocenters. The van der Waals surface area contributed by atoms with Crippen molar-refractivity contribution in [3.8, 4) is 0 Å². The zero-order valence-electron chi connectivity index (χ0n) is 10.3. The molecule has 3 aromatic rings. The van der Waals surface area contributed by atoms with Crippen molar-refractivity contribution in [2.45, 2.75) is 13.2 Å². The molecular formula is C15H13BrN2O. The fourth-order valence-electron chi connectivity index (χ4n) is 2.32. The number of hydrogen-bond acceptors (Lipinski definition) is 2. The minimum atomic E-state index is 0.0598. The van der Waals surface area contributed by atoms with Crippen LogP contribution in [0.3, 0.4) is 0 Å². The second-order valence-electron chi connectivity index (χ2n) is 4.47. The molecule has 0 spiro atoms. The highest BCUT2D eigenvalue weighted by Crippen LogP contribution is 2.22. The van der Waals surface area contributed by atoms with Crippen LogP contribution >= 0.6 is 15.9 Å². The van der Waals surface area contributed by atoms with E-state index in [1.165, 1.54) is 0 Å². The lowest BCUT2D eigenvalue weighted by atomic mass is 10.2. The minimum Gasteiger partial charge on any atom is -0.392 e. The Bertz CT molecular complexity index is 721. The molecule has 3 nitrogen and oxygen atoms in total. The molecule has 0 amide bonds. The molecule has 19 heavy (non-hydrogen) atoms. The van der Waals surface area contributed by atoms with Crippen molar-refractivity contribution in [3.63, 3.8) is 0 Å². The number of halogens is 1. The summed E-state index contributed by atoms with van der Waals surface area (Å²) >= 11 is 3.43. The largest absolute Gasteiger partial charge is 0.392 e. The van der Waals surface area contributed by atoms with Gasteiger partial charge in [-0.2, -0.15) is 0 Å². The second kappa shape index (κ2) is 5.15. The first-order chi connectivity index (χ1) is 9.28. The average molecular weight is 317 g/mol. The summed E-state index contributed by atoms with van der Waals surface area (Å²) in [5.74, 6) is 0.